The second kappa shape index (κ2) is 6.95. The Hall–Kier alpha value is -0.800. The summed E-state index contributed by atoms with van der Waals surface area (Å²) < 4.78 is 5.35. The number of rotatable bonds is 8. The highest BCUT2D eigenvalue weighted by Gasteiger charge is 2.24. The summed E-state index contributed by atoms with van der Waals surface area (Å²) in [5, 5.41) is 3.32. The van der Waals surface area contributed by atoms with Crippen LogP contribution < -0.4 is 5.32 Å². The van der Waals surface area contributed by atoms with E-state index in [1.165, 1.54) is 18.4 Å². The van der Waals surface area contributed by atoms with Gasteiger partial charge in [0, 0.05) is 25.2 Å². The molecule has 1 N–H and O–H groups in total. The first kappa shape index (κ1) is 15.3. The van der Waals surface area contributed by atoms with Gasteiger partial charge in [0.2, 0.25) is 0 Å². The molecule has 1 aromatic heterocycles. The third kappa shape index (κ3) is 4.46. The van der Waals surface area contributed by atoms with Crippen LogP contribution in [-0.2, 0) is 6.54 Å². The molecule has 1 rings (SSSR count). The fraction of sp³-hybridized carbons (Fsp3) is 0.733. The molecule has 0 aliphatic carbocycles. The third-order valence-electron chi connectivity index (χ3n) is 3.52. The van der Waals surface area contributed by atoms with E-state index in [-0.39, 0.29) is 0 Å². The lowest BCUT2D eigenvalue weighted by Gasteiger charge is -2.33. The lowest BCUT2D eigenvalue weighted by atomic mass is 9.85. The summed E-state index contributed by atoms with van der Waals surface area (Å²) in [4.78, 5) is 2.39. The highest BCUT2D eigenvalue weighted by molar-refractivity contribution is 5.15. The van der Waals surface area contributed by atoms with Gasteiger partial charge in [0.1, 0.15) is 5.76 Å². The van der Waals surface area contributed by atoms with E-state index in [1.807, 2.05) is 14.0 Å². The van der Waals surface area contributed by atoms with E-state index in [2.05, 4.69) is 37.2 Å². The minimum absolute atomic E-state index is 0.343. The van der Waals surface area contributed by atoms with Crippen molar-refractivity contribution in [1.29, 1.82) is 0 Å². The molecule has 0 fully saturated rings. The van der Waals surface area contributed by atoms with Crippen molar-refractivity contribution in [3.8, 4) is 0 Å². The van der Waals surface area contributed by atoms with Crippen molar-refractivity contribution in [2.45, 2.75) is 40.2 Å². The molecule has 0 amide bonds. The number of hydrogen-bond acceptors (Lipinski definition) is 3. The monoisotopic (exact) mass is 252 g/mol. The summed E-state index contributed by atoms with van der Waals surface area (Å²) in [5.41, 5.74) is 1.64. The SMILES string of the molecule is CCCC(C)(CNC)CN(C)Cc1ccoc1C. The van der Waals surface area contributed by atoms with Gasteiger partial charge in [-0.1, -0.05) is 20.3 Å². The van der Waals surface area contributed by atoms with E-state index < -0.39 is 0 Å². The van der Waals surface area contributed by atoms with Gasteiger partial charge in [-0.2, -0.15) is 0 Å². The van der Waals surface area contributed by atoms with E-state index in [4.69, 9.17) is 4.42 Å². The van der Waals surface area contributed by atoms with Crippen LogP contribution in [0.3, 0.4) is 0 Å². The Morgan fingerprint density at radius 3 is 2.67 bits per heavy atom. The zero-order chi connectivity index (χ0) is 13.6. The van der Waals surface area contributed by atoms with Crippen molar-refractivity contribution in [2.75, 3.05) is 27.2 Å². The van der Waals surface area contributed by atoms with Crippen LogP contribution >= 0.6 is 0 Å². The smallest absolute Gasteiger partial charge is 0.105 e. The molecular weight excluding hydrogens is 224 g/mol. The molecule has 3 heteroatoms. The molecule has 0 radical (unpaired) electrons. The Balaban J connectivity index is 2.56. The Kier molecular flexibility index (Phi) is 5.89. The number of furan rings is 1. The number of hydrogen-bond donors (Lipinski definition) is 1. The van der Waals surface area contributed by atoms with Crippen molar-refractivity contribution in [1.82, 2.24) is 10.2 Å². The first-order chi connectivity index (χ1) is 8.50. The summed E-state index contributed by atoms with van der Waals surface area (Å²) in [7, 11) is 4.23. The second-order valence-electron chi connectivity index (χ2n) is 5.77. The molecule has 0 aliphatic heterocycles. The Bertz CT molecular complexity index is 340. The summed E-state index contributed by atoms with van der Waals surface area (Å²) in [5.74, 6) is 1.03. The number of aryl methyl sites for hydroxylation is 1. The van der Waals surface area contributed by atoms with E-state index >= 15 is 0 Å². The van der Waals surface area contributed by atoms with Gasteiger partial charge in [-0.15, -0.1) is 0 Å². The third-order valence-corrected chi connectivity index (χ3v) is 3.52. The lowest BCUT2D eigenvalue weighted by Crippen LogP contribution is -2.39. The van der Waals surface area contributed by atoms with Crippen LogP contribution in [0.25, 0.3) is 0 Å². The molecule has 0 bridgehead atoms. The normalized spacial score (nSPS) is 15.0. The van der Waals surface area contributed by atoms with Crippen LogP contribution in [0.4, 0.5) is 0 Å². The van der Waals surface area contributed by atoms with Crippen LogP contribution in [-0.4, -0.2) is 32.1 Å². The lowest BCUT2D eigenvalue weighted by molar-refractivity contribution is 0.170. The van der Waals surface area contributed by atoms with E-state index in [0.717, 1.165) is 25.4 Å². The first-order valence-corrected chi connectivity index (χ1v) is 6.87. The molecule has 1 atom stereocenters. The van der Waals surface area contributed by atoms with Crippen molar-refractivity contribution >= 4 is 0 Å². The fourth-order valence-electron chi connectivity index (χ4n) is 2.83. The molecule has 0 saturated heterocycles. The van der Waals surface area contributed by atoms with Gasteiger partial charge in [0.15, 0.2) is 0 Å². The van der Waals surface area contributed by atoms with Crippen LogP contribution in [0.15, 0.2) is 16.7 Å². The van der Waals surface area contributed by atoms with Gasteiger partial charge in [0.05, 0.1) is 6.26 Å². The Morgan fingerprint density at radius 2 is 2.17 bits per heavy atom. The van der Waals surface area contributed by atoms with Gasteiger partial charge >= 0.3 is 0 Å². The van der Waals surface area contributed by atoms with Gasteiger partial charge in [0.25, 0.3) is 0 Å². The highest BCUT2D eigenvalue weighted by Crippen LogP contribution is 2.24. The topological polar surface area (TPSA) is 28.4 Å². The first-order valence-electron chi connectivity index (χ1n) is 6.87. The zero-order valence-corrected chi connectivity index (χ0v) is 12.5. The highest BCUT2D eigenvalue weighted by atomic mass is 16.3. The Labute approximate surface area is 112 Å². The summed E-state index contributed by atoms with van der Waals surface area (Å²) in [6.07, 6.45) is 4.26. The molecule has 1 unspecified atom stereocenters. The average Bonchev–Trinajstić information content (AvgIpc) is 2.64. The van der Waals surface area contributed by atoms with Crippen LogP contribution in [0.2, 0.25) is 0 Å². The average molecular weight is 252 g/mol. The van der Waals surface area contributed by atoms with Crippen molar-refractivity contribution in [3.63, 3.8) is 0 Å². The maximum atomic E-state index is 5.35. The van der Waals surface area contributed by atoms with Crippen molar-refractivity contribution in [3.05, 3.63) is 23.7 Å². The van der Waals surface area contributed by atoms with E-state index in [0.29, 0.717) is 5.41 Å². The fourth-order valence-corrected chi connectivity index (χ4v) is 2.83. The molecule has 3 nitrogen and oxygen atoms in total. The summed E-state index contributed by atoms with van der Waals surface area (Å²) >= 11 is 0. The minimum atomic E-state index is 0.343. The standard InChI is InChI=1S/C15H28N2O/c1-6-8-15(3,11-16-4)12-17(5)10-14-7-9-18-13(14)2/h7,9,16H,6,8,10-12H2,1-5H3. The molecule has 0 saturated carbocycles. The van der Waals surface area contributed by atoms with E-state index in [9.17, 15) is 0 Å². The van der Waals surface area contributed by atoms with Gasteiger partial charge in [-0.25, -0.2) is 0 Å². The second-order valence-corrected chi connectivity index (χ2v) is 5.77. The zero-order valence-electron chi connectivity index (χ0n) is 12.5. The molecule has 0 aliphatic rings. The maximum Gasteiger partial charge on any atom is 0.105 e. The minimum Gasteiger partial charge on any atom is -0.469 e. The van der Waals surface area contributed by atoms with Crippen LogP contribution in [0.5, 0.6) is 0 Å². The molecule has 0 aromatic carbocycles. The Morgan fingerprint density at radius 1 is 1.44 bits per heavy atom. The van der Waals surface area contributed by atoms with Crippen molar-refractivity contribution in [2.24, 2.45) is 5.41 Å². The van der Waals surface area contributed by atoms with Crippen LogP contribution in [0, 0.1) is 12.3 Å². The summed E-state index contributed by atoms with van der Waals surface area (Å²) in [6.45, 7) is 9.79. The molecule has 18 heavy (non-hydrogen) atoms. The quantitative estimate of drug-likeness (QED) is 0.771. The molecule has 1 heterocycles. The number of nitrogens with one attached hydrogen (secondary N) is 1. The molecular formula is C15H28N2O. The predicted molar refractivity (Wildman–Crippen MR) is 76.7 cm³/mol. The maximum absolute atomic E-state index is 5.35. The largest absolute Gasteiger partial charge is 0.469 e. The predicted octanol–water partition coefficient (Wildman–Crippen LogP) is 3.05. The van der Waals surface area contributed by atoms with Gasteiger partial charge < -0.3 is 14.6 Å². The van der Waals surface area contributed by atoms with E-state index in [1.54, 1.807) is 6.26 Å². The molecule has 0 spiro atoms. The van der Waals surface area contributed by atoms with Crippen molar-refractivity contribution < 1.29 is 4.42 Å². The van der Waals surface area contributed by atoms with Crippen LogP contribution in [0.1, 0.15) is 38.0 Å². The number of nitrogens with zero attached hydrogens (tertiary/aromatic N) is 1. The van der Waals surface area contributed by atoms with Gasteiger partial charge in [-0.05, 0) is 38.9 Å². The molecule has 1 aromatic rings. The van der Waals surface area contributed by atoms with Gasteiger partial charge in [-0.3, -0.25) is 0 Å². The molecule has 104 valence electrons. The summed E-state index contributed by atoms with van der Waals surface area (Å²) in [6, 6.07) is 2.07.